The van der Waals surface area contributed by atoms with Gasteiger partial charge in [0, 0.05) is 17.2 Å². The van der Waals surface area contributed by atoms with E-state index < -0.39 is 0 Å². The standard InChI is InChI=1S/C16H18FNS/c1-12-7-8-14(11-13(12)2)19-10-9-18-16-6-4-3-5-15(16)17/h3-8,11,18H,9-10H2,1-2H3. The Balaban J connectivity index is 1.81. The van der Waals surface area contributed by atoms with Crippen LogP contribution in [0.15, 0.2) is 47.4 Å². The maximum atomic E-state index is 13.4. The Bertz CT molecular complexity index is 554. The van der Waals surface area contributed by atoms with Gasteiger partial charge in [0.15, 0.2) is 0 Å². The first-order valence-corrected chi connectivity index (χ1v) is 7.34. The Morgan fingerprint density at radius 2 is 1.84 bits per heavy atom. The van der Waals surface area contributed by atoms with E-state index in [-0.39, 0.29) is 5.82 Å². The Morgan fingerprint density at radius 3 is 2.58 bits per heavy atom. The molecule has 0 aromatic heterocycles. The molecule has 0 radical (unpaired) electrons. The molecule has 100 valence electrons. The zero-order valence-electron chi connectivity index (χ0n) is 11.2. The normalized spacial score (nSPS) is 10.5. The van der Waals surface area contributed by atoms with Crippen LogP contribution in [0.25, 0.3) is 0 Å². The summed E-state index contributed by atoms with van der Waals surface area (Å²) >= 11 is 1.78. The van der Waals surface area contributed by atoms with Crippen LogP contribution in [0.5, 0.6) is 0 Å². The number of para-hydroxylation sites is 1. The summed E-state index contributed by atoms with van der Waals surface area (Å²) in [5.74, 6) is 0.718. The third-order valence-electron chi connectivity index (χ3n) is 3.04. The minimum absolute atomic E-state index is 0.196. The van der Waals surface area contributed by atoms with Crippen LogP contribution in [-0.4, -0.2) is 12.3 Å². The van der Waals surface area contributed by atoms with Crippen molar-refractivity contribution in [2.24, 2.45) is 0 Å². The van der Waals surface area contributed by atoms with Gasteiger partial charge in [0.25, 0.3) is 0 Å². The summed E-state index contributed by atoms with van der Waals surface area (Å²) in [6, 6.07) is 13.2. The molecule has 1 N–H and O–H groups in total. The summed E-state index contributed by atoms with van der Waals surface area (Å²) in [7, 11) is 0. The van der Waals surface area contributed by atoms with Crippen LogP contribution in [0.2, 0.25) is 0 Å². The van der Waals surface area contributed by atoms with Crippen LogP contribution in [0, 0.1) is 19.7 Å². The van der Waals surface area contributed by atoms with Crippen molar-refractivity contribution in [2.75, 3.05) is 17.6 Å². The number of hydrogen-bond acceptors (Lipinski definition) is 2. The van der Waals surface area contributed by atoms with Crippen LogP contribution in [0.3, 0.4) is 0 Å². The van der Waals surface area contributed by atoms with E-state index in [0.29, 0.717) is 5.69 Å². The van der Waals surface area contributed by atoms with Gasteiger partial charge in [0.2, 0.25) is 0 Å². The first kappa shape index (κ1) is 13.9. The number of aryl methyl sites for hydroxylation is 2. The molecule has 0 unspecified atom stereocenters. The average Bonchev–Trinajstić information content (AvgIpc) is 2.40. The van der Waals surface area contributed by atoms with Crippen molar-refractivity contribution >= 4 is 17.4 Å². The average molecular weight is 275 g/mol. The molecule has 0 spiro atoms. The van der Waals surface area contributed by atoms with Gasteiger partial charge in [-0.25, -0.2) is 4.39 Å². The lowest BCUT2D eigenvalue weighted by Crippen LogP contribution is -2.05. The summed E-state index contributed by atoms with van der Waals surface area (Å²) in [5.41, 5.74) is 3.20. The van der Waals surface area contributed by atoms with E-state index in [0.717, 1.165) is 12.3 Å². The molecule has 0 fully saturated rings. The second-order valence-corrected chi connectivity index (χ2v) is 5.67. The maximum absolute atomic E-state index is 13.4. The summed E-state index contributed by atoms with van der Waals surface area (Å²) < 4.78 is 13.4. The SMILES string of the molecule is Cc1ccc(SCCNc2ccccc2F)cc1C. The van der Waals surface area contributed by atoms with Crippen molar-refractivity contribution < 1.29 is 4.39 Å². The molecule has 0 atom stereocenters. The van der Waals surface area contributed by atoms with E-state index in [4.69, 9.17) is 0 Å². The third kappa shape index (κ3) is 4.00. The predicted octanol–water partition coefficient (Wildman–Crippen LogP) is 4.65. The highest BCUT2D eigenvalue weighted by Gasteiger charge is 2.00. The number of thioether (sulfide) groups is 1. The molecule has 0 aliphatic carbocycles. The molecule has 0 saturated carbocycles. The Kier molecular flexibility index (Phi) is 4.86. The van der Waals surface area contributed by atoms with Crippen molar-refractivity contribution in [3.63, 3.8) is 0 Å². The molecular weight excluding hydrogens is 257 g/mol. The van der Waals surface area contributed by atoms with Crippen LogP contribution in [0.1, 0.15) is 11.1 Å². The van der Waals surface area contributed by atoms with E-state index in [1.165, 1.54) is 22.1 Å². The largest absolute Gasteiger partial charge is 0.382 e. The van der Waals surface area contributed by atoms with Crippen LogP contribution in [0.4, 0.5) is 10.1 Å². The number of anilines is 1. The molecule has 3 heteroatoms. The Morgan fingerprint density at radius 1 is 1.05 bits per heavy atom. The highest BCUT2D eigenvalue weighted by molar-refractivity contribution is 7.99. The highest BCUT2D eigenvalue weighted by Crippen LogP contribution is 2.21. The minimum atomic E-state index is -0.196. The second-order valence-electron chi connectivity index (χ2n) is 4.50. The highest BCUT2D eigenvalue weighted by atomic mass is 32.2. The second kappa shape index (κ2) is 6.62. The van der Waals surface area contributed by atoms with Crippen molar-refractivity contribution in [1.29, 1.82) is 0 Å². The van der Waals surface area contributed by atoms with Crippen LogP contribution < -0.4 is 5.32 Å². The van der Waals surface area contributed by atoms with Gasteiger partial charge in [-0.15, -0.1) is 11.8 Å². The number of hydrogen-bond donors (Lipinski definition) is 1. The first-order valence-electron chi connectivity index (χ1n) is 6.35. The van der Waals surface area contributed by atoms with Crippen molar-refractivity contribution in [3.05, 3.63) is 59.4 Å². The summed E-state index contributed by atoms with van der Waals surface area (Å²) in [6.45, 7) is 4.99. The molecule has 0 aliphatic rings. The smallest absolute Gasteiger partial charge is 0.146 e. The van der Waals surface area contributed by atoms with Crippen LogP contribution in [-0.2, 0) is 0 Å². The maximum Gasteiger partial charge on any atom is 0.146 e. The molecule has 0 heterocycles. The van der Waals surface area contributed by atoms with Crippen LogP contribution >= 0.6 is 11.8 Å². The summed E-state index contributed by atoms with van der Waals surface area (Å²) in [5, 5.41) is 3.11. The van der Waals surface area contributed by atoms with Gasteiger partial charge in [-0.3, -0.25) is 0 Å². The molecule has 1 nitrogen and oxygen atoms in total. The fourth-order valence-electron chi connectivity index (χ4n) is 1.76. The van der Waals surface area contributed by atoms with Crippen molar-refractivity contribution in [2.45, 2.75) is 18.7 Å². The predicted molar refractivity (Wildman–Crippen MR) is 81.5 cm³/mol. The monoisotopic (exact) mass is 275 g/mol. The lowest BCUT2D eigenvalue weighted by atomic mass is 10.1. The fraction of sp³-hybridized carbons (Fsp3) is 0.250. The molecule has 2 aromatic rings. The molecule has 19 heavy (non-hydrogen) atoms. The molecule has 0 amide bonds. The summed E-state index contributed by atoms with van der Waals surface area (Å²) in [6.07, 6.45) is 0. The Hall–Kier alpha value is -1.48. The van der Waals surface area contributed by atoms with Gasteiger partial charge in [-0.2, -0.15) is 0 Å². The van der Waals surface area contributed by atoms with E-state index in [9.17, 15) is 4.39 Å². The number of rotatable bonds is 5. The lowest BCUT2D eigenvalue weighted by Gasteiger charge is -2.08. The van der Waals surface area contributed by atoms with Crippen molar-refractivity contribution in [1.82, 2.24) is 0 Å². The topological polar surface area (TPSA) is 12.0 Å². The third-order valence-corrected chi connectivity index (χ3v) is 4.03. The quantitative estimate of drug-likeness (QED) is 0.630. The van der Waals surface area contributed by atoms with E-state index in [1.54, 1.807) is 23.9 Å². The van der Waals surface area contributed by atoms with Gasteiger partial charge in [-0.1, -0.05) is 18.2 Å². The van der Waals surface area contributed by atoms with Crippen molar-refractivity contribution in [3.8, 4) is 0 Å². The molecule has 0 aliphatic heterocycles. The zero-order chi connectivity index (χ0) is 13.7. The van der Waals surface area contributed by atoms with Gasteiger partial charge in [0.1, 0.15) is 5.82 Å². The van der Waals surface area contributed by atoms with Gasteiger partial charge in [0.05, 0.1) is 5.69 Å². The fourth-order valence-corrected chi connectivity index (χ4v) is 2.63. The van der Waals surface area contributed by atoms with Gasteiger partial charge >= 0.3 is 0 Å². The number of benzene rings is 2. The molecule has 0 saturated heterocycles. The van der Waals surface area contributed by atoms with E-state index in [2.05, 4.69) is 37.4 Å². The molecule has 0 bridgehead atoms. The van der Waals surface area contributed by atoms with Gasteiger partial charge < -0.3 is 5.32 Å². The van der Waals surface area contributed by atoms with E-state index >= 15 is 0 Å². The number of nitrogens with one attached hydrogen (secondary N) is 1. The van der Waals surface area contributed by atoms with Gasteiger partial charge in [-0.05, 0) is 49.2 Å². The summed E-state index contributed by atoms with van der Waals surface area (Å²) in [4.78, 5) is 1.26. The number of halogens is 1. The Labute approximate surface area is 118 Å². The molecule has 2 aromatic carbocycles. The molecular formula is C16H18FNS. The lowest BCUT2D eigenvalue weighted by molar-refractivity contribution is 0.630. The minimum Gasteiger partial charge on any atom is -0.382 e. The first-order chi connectivity index (χ1) is 9.16. The molecule has 2 rings (SSSR count). The zero-order valence-corrected chi connectivity index (χ0v) is 12.1. The van der Waals surface area contributed by atoms with E-state index in [1.807, 2.05) is 6.07 Å².